The number of hydrogen-bond acceptors (Lipinski definition) is 3. The number of amides is 1. The highest BCUT2D eigenvalue weighted by Gasteiger charge is 2.27. The molecule has 1 aliphatic rings. The Labute approximate surface area is 142 Å². The molecule has 2 heterocycles. The van der Waals surface area contributed by atoms with Gasteiger partial charge >= 0.3 is 0 Å². The summed E-state index contributed by atoms with van der Waals surface area (Å²) in [7, 11) is 0. The fourth-order valence-electron chi connectivity index (χ4n) is 3.36. The molecule has 122 valence electrons. The zero-order chi connectivity index (χ0) is 16.1. The van der Waals surface area contributed by atoms with Crippen LogP contribution in [0, 0.1) is 0 Å². The van der Waals surface area contributed by atoms with Crippen molar-refractivity contribution in [3.8, 4) is 0 Å². The molecular weight excluding hydrogens is 304 g/mol. The van der Waals surface area contributed by atoms with E-state index >= 15 is 0 Å². The van der Waals surface area contributed by atoms with E-state index in [2.05, 4.69) is 22.4 Å². The minimum Gasteiger partial charge on any atom is -0.310 e. The molecule has 1 aromatic carbocycles. The molecule has 1 amide bonds. The fourth-order valence-corrected chi connectivity index (χ4v) is 4.06. The average molecular weight is 328 g/mol. The molecule has 0 N–H and O–H groups in total. The number of carbonyl (C=O) groups excluding carboxylic acids is 1. The first kappa shape index (κ1) is 16.2. The first-order valence-electron chi connectivity index (χ1n) is 8.33. The van der Waals surface area contributed by atoms with Crippen molar-refractivity contribution in [1.82, 2.24) is 4.90 Å². The first-order chi connectivity index (χ1) is 11.2. The van der Waals surface area contributed by atoms with Crippen LogP contribution < -0.4 is 4.90 Å². The second-order valence-corrected chi connectivity index (χ2v) is 7.16. The number of rotatable bonds is 5. The van der Waals surface area contributed by atoms with E-state index in [-0.39, 0.29) is 5.91 Å². The molecule has 4 heteroatoms. The molecule has 1 saturated heterocycles. The van der Waals surface area contributed by atoms with Crippen molar-refractivity contribution in [2.75, 3.05) is 24.5 Å². The van der Waals surface area contributed by atoms with Crippen molar-refractivity contribution in [2.45, 2.75) is 32.2 Å². The van der Waals surface area contributed by atoms with Crippen molar-refractivity contribution < 1.29 is 4.79 Å². The Bertz CT molecular complexity index is 604. The Hall–Kier alpha value is -1.65. The summed E-state index contributed by atoms with van der Waals surface area (Å²) in [5.41, 5.74) is 1.03. The van der Waals surface area contributed by atoms with Crippen molar-refractivity contribution in [3.05, 3.63) is 52.7 Å². The highest BCUT2D eigenvalue weighted by Crippen LogP contribution is 2.24. The van der Waals surface area contributed by atoms with Gasteiger partial charge in [-0.3, -0.25) is 4.79 Å². The van der Waals surface area contributed by atoms with Gasteiger partial charge in [0, 0.05) is 43.2 Å². The van der Waals surface area contributed by atoms with E-state index < -0.39 is 0 Å². The highest BCUT2D eigenvalue weighted by molar-refractivity contribution is 7.09. The van der Waals surface area contributed by atoms with Gasteiger partial charge in [0.2, 0.25) is 5.91 Å². The van der Waals surface area contributed by atoms with Crippen LogP contribution >= 0.6 is 11.3 Å². The molecule has 0 aliphatic carbocycles. The van der Waals surface area contributed by atoms with Crippen LogP contribution in [-0.2, 0) is 11.2 Å². The van der Waals surface area contributed by atoms with Gasteiger partial charge in [-0.2, -0.15) is 0 Å². The summed E-state index contributed by atoms with van der Waals surface area (Å²) >= 11 is 1.84. The molecule has 0 spiro atoms. The predicted molar refractivity (Wildman–Crippen MR) is 97.1 cm³/mol. The van der Waals surface area contributed by atoms with Gasteiger partial charge in [-0.25, -0.2) is 0 Å². The number of benzene rings is 1. The molecule has 23 heavy (non-hydrogen) atoms. The Morgan fingerprint density at radius 1 is 1.17 bits per heavy atom. The zero-order valence-corrected chi connectivity index (χ0v) is 14.5. The van der Waals surface area contributed by atoms with Crippen molar-refractivity contribution in [1.29, 1.82) is 0 Å². The van der Waals surface area contributed by atoms with E-state index in [1.807, 2.05) is 46.6 Å². The molecule has 0 atom stereocenters. The molecule has 2 aromatic rings. The molecule has 0 radical (unpaired) electrons. The predicted octanol–water partition coefficient (Wildman–Crippen LogP) is 3.81. The number of thiophene rings is 1. The summed E-state index contributed by atoms with van der Waals surface area (Å²) < 4.78 is 0. The largest absolute Gasteiger partial charge is 0.310 e. The SMILES string of the molecule is CC(=O)N(c1ccccc1)C1CCN(CCc2cccs2)CC1. The summed E-state index contributed by atoms with van der Waals surface area (Å²) in [6, 6.07) is 14.7. The maximum Gasteiger partial charge on any atom is 0.224 e. The van der Waals surface area contributed by atoms with Crippen LogP contribution in [0.25, 0.3) is 0 Å². The van der Waals surface area contributed by atoms with E-state index in [4.69, 9.17) is 0 Å². The number of anilines is 1. The Kier molecular flexibility index (Phi) is 5.47. The van der Waals surface area contributed by atoms with Gasteiger partial charge in [0.05, 0.1) is 0 Å². The summed E-state index contributed by atoms with van der Waals surface area (Å²) in [4.78, 5) is 18.1. The fraction of sp³-hybridized carbons (Fsp3) is 0.421. The van der Waals surface area contributed by atoms with Gasteiger partial charge in [-0.15, -0.1) is 11.3 Å². The monoisotopic (exact) mass is 328 g/mol. The molecule has 3 nitrogen and oxygen atoms in total. The lowest BCUT2D eigenvalue weighted by Gasteiger charge is -2.38. The smallest absolute Gasteiger partial charge is 0.224 e. The van der Waals surface area contributed by atoms with Crippen LogP contribution in [0.3, 0.4) is 0 Å². The third-order valence-corrected chi connectivity index (χ3v) is 5.49. The average Bonchev–Trinajstić information content (AvgIpc) is 3.08. The summed E-state index contributed by atoms with van der Waals surface area (Å²) in [6.07, 6.45) is 3.25. The van der Waals surface area contributed by atoms with Crippen LogP contribution in [-0.4, -0.2) is 36.5 Å². The lowest BCUT2D eigenvalue weighted by molar-refractivity contribution is -0.117. The van der Waals surface area contributed by atoms with Crippen LogP contribution in [0.15, 0.2) is 47.8 Å². The van der Waals surface area contributed by atoms with Gasteiger partial charge in [0.15, 0.2) is 0 Å². The van der Waals surface area contributed by atoms with E-state index in [0.29, 0.717) is 6.04 Å². The standard InChI is InChI=1S/C19H24N2OS/c1-16(22)21(17-6-3-2-4-7-17)18-9-12-20(13-10-18)14-11-19-8-5-15-23-19/h2-8,15,18H,9-14H2,1H3. The maximum absolute atomic E-state index is 12.1. The van der Waals surface area contributed by atoms with E-state index in [9.17, 15) is 4.79 Å². The number of carbonyl (C=O) groups is 1. The molecule has 3 rings (SSSR count). The van der Waals surface area contributed by atoms with E-state index in [1.165, 1.54) is 4.88 Å². The molecule has 0 saturated carbocycles. The number of piperidine rings is 1. The van der Waals surface area contributed by atoms with Crippen LogP contribution in [0.1, 0.15) is 24.6 Å². The first-order valence-corrected chi connectivity index (χ1v) is 9.21. The number of hydrogen-bond donors (Lipinski definition) is 0. The Morgan fingerprint density at radius 2 is 1.91 bits per heavy atom. The van der Waals surface area contributed by atoms with Crippen molar-refractivity contribution in [3.63, 3.8) is 0 Å². The molecule has 0 unspecified atom stereocenters. The minimum atomic E-state index is 0.147. The van der Waals surface area contributed by atoms with Crippen LogP contribution in [0.2, 0.25) is 0 Å². The summed E-state index contributed by atoms with van der Waals surface area (Å²) in [5, 5.41) is 2.15. The molecule has 1 aromatic heterocycles. The summed E-state index contributed by atoms with van der Waals surface area (Å²) in [6.45, 7) is 4.95. The zero-order valence-electron chi connectivity index (χ0n) is 13.6. The minimum absolute atomic E-state index is 0.147. The number of likely N-dealkylation sites (tertiary alicyclic amines) is 1. The van der Waals surface area contributed by atoms with Crippen molar-refractivity contribution in [2.24, 2.45) is 0 Å². The number of para-hydroxylation sites is 1. The third kappa shape index (κ3) is 4.21. The highest BCUT2D eigenvalue weighted by atomic mass is 32.1. The van der Waals surface area contributed by atoms with E-state index in [0.717, 1.165) is 44.6 Å². The third-order valence-electron chi connectivity index (χ3n) is 4.55. The van der Waals surface area contributed by atoms with Gasteiger partial charge < -0.3 is 9.80 Å². The molecule has 0 bridgehead atoms. The van der Waals surface area contributed by atoms with Crippen molar-refractivity contribution >= 4 is 22.9 Å². The second-order valence-electron chi connectivity index (χ2n) is 6.13. The van der Waals surface area contributed by atoms with Crippen LogP contribution in [0.4, 0.5) is 5.69 Å². The topological polar surface area (TPSA) is 23.6 Å². The lowest BCUT2D eigenvalue weighted by atomic mass is 10.0. The van der Waals surface area contributed by atoms with Crippen LogP contribution in [0.5, 0.6) is 0 Å². The van der Waals surface area contributed by atoms with Gasteiger partial charge in [0.1, 0.15) is 0 Å². The molecule has 1 aliphatic heterocycles. The number of nitrogens with zero attached hydrogens (tertiary/aromatic N) is 2. The van der Waals surface area contributed by atoms with Gasteiger partial charge in [-0.1, -0.05) is 24.3 Å². The normalized spacial score (nSPS) is 16.4. The van der Waals surface area contributed by atoms with Gasteiger partial charge in [-0.05, 0) is 42.8 Å². The lowest BCUT2D eigenvalue weighted by Crippen LogP contribution is -2.47. The quantitative estimate of drug-likeness (QED) is 0.833. The molecule has 1 fully saturated rings. The molecular formula is C19H24N2OS. The van der Waals surface area contributed by atoms with Gasteiger partial charge in [0.25, 0.3) is 0 Å². The second kappa shape index (κ2) is 7.75. The Morgan fingerprint density at radius 3 is 2.52 bits per heavy atom. The summed E-state index contributed by atoms with van der Waals surface area (Å²) in [5.74, 6) is 0.147. The Balaban J connectivity index is 1.55. The maximum atomic E-state index is 12.1. The van der Waals surface area contributed by atoms with E-state index in [1.54, 1.807) is 6.92 Å².